The van der Waals surface area contributed by atoms with E-state index in [0.717, 1.165) is 12.0 Å². The van der Waals surface area contributed by atoms with Gasteiger partial charge in [0.05, 0.1) is 0 Å². The summed E-state index contributed by atoms with van der Waals surface area (Å²) in [6.45, 7) is 6.27. The van der Waals surface area contributed by atoms with Gasteiger partial charge in [0.1, 0.15) is 6.10 Å². The number of ether oxygens (including phenoxy) is 1. The molecule has 2 atom stereocenters. The molecule has 0 saturated heterocycles. The molecule has 1 heterocycles. The van der Waals surface area contributed by atoms with E-state index in [9.17, 15) is 4.79 Å². The van der Waals surface area contributed by atoms with Gasteiger partial charge in [-0.05, 0) is 25.3 Å². The first-order valence-electron chi connectivity index (χ1n) is 6.57. The van der Waals surface area contributed by atoms with E-state index in [1.165, 1.54) is 32.1 Å². The van der Waals surface area contributed by atoms with Crippen LogP contribution in [0.3, 0.4) is 0 Å². The van der Waals surface area contributed by atoms with Crippen LogP contribution < -0.4 is 0 Å². The smallest absolute Gasteiger partial charge is 0.334 e. The molecule has 92 valence electrons. The summed E-state index contributed by atoms with van der Waals surface area (Å²) in [6.07, 6.45) is 9.50. The molecule has 2 unspecified atom stereocenters. The lowest BCUT2D eigenvalue weighted by atomic mass is 9.94. The van der Waals surface area contributed by atoms with Crippen LogP contribution in [0.1, 0.15) is 59.3 Å². The standard InChI is InChI=1S/C14H24O2/c1-4-5-6-7-8-9-11(2)13-10-12(3)16-14(13)15/h10-12H,4-9H2,1-3H3. The molecule has 0 aromatic heterocycles. The highest BCUT2D eigenvalue weighted by Crippen LogP contribution is 2.25. The molecule has 2 heteroatoms. The molecule has 0 aromatic carbocycles. The summed E-state index contributed by atoms with van der Waals surface area (Å²) in [7, 11) is 0. The van der Waals surface area contributed by atoms with Crippen LogP contribution in [0.2, 0.25) is 0 Å². The summed E-state index contributed by atoms with van der Waals surface area (Å²) >= 11 is 0. The van der Waals surface area contributed by atoms with Gasteiger partial charge in [-0.15, -0.1) is 0 Å². The molecule has 0 spiro atoms. The van der Waals surface area contributed by atoms with Crippen molar-refractivity contribution in [3.63, 3.8) is 0 Å². The van der Waals surface area contributed by atoms with Gasteiger partial charge in [-0.2, -0.15) is 0 Å². The van der Waals surface area contributed by atoms with E-state index in [1.54, 1.807) is 0 Å². The van der Waals surface area contributed by atoms with Gasteiger partial charge in [-0.25, -0.2) is 4.79 Å². The Morgan fingerprint density at radius 2 is 2.00 bits per heavy atom. The average Bonchev–Trinajstić information content (AvgIpc) is 2.57. The van der Waals surface area contributed by atoms with Gasteiger partial charge in [-0.3, -0.25) is 0 Å². The molecule has 0 bridgehead atoms. The van der Waals surface area contributed by atoms with Crippen LogP contribution in [0.4, 0.5) is 0 Å². The van der Waals surface area contributed by atoms with Crippen molar-refractivity contribution in [2.24, 2.45) is 5.92 Å². The monoisotopic (exact) mass is 224 g/mol. The molecule has 0 N–H and O–H groups in total. The Morgan fingerprint density at radius 3 is 2.56 bits per heavy atom. The SMILES string of the molecule is CCCCCCCC(C)C1=CC(C)OC1=O. The Labute approximate surface area is 99.1 Å². The Bertz CT molecular complexity index is 255. The minimum atomic E-state index is -0.103. The lowest BCUT2D eigenvalue weighted by molar-refractivity contribution is -0.139. The first kappa shape index (κ1) is 13.3. The van der Waals surface area contributed by atoms with E-state index in [4.69, 9.17) is 4.74 Å². The van der Waals surface area contributed by atoms with E-state index in [0.29, 0.717) is 5.92 Å². The van der Waals surface area contributed by atoms with Gasteiger partial charge in [0.25, 0.3) is 0 Å². The number of carbonyl (C=O) groups excluding carboxylic acids is 1. The van der Waals surface area contributed by atoms with Gasteiger partial charge in [0.15, 0.2) is 0 Å². The van der Waals surface area contributed by atoms with Crippen LogP contribution in [0.25, 0.3) is 0 Å². The highest BCUT2D eigenvalue weighted by molar-refractivity contribution is 5.91. The summed E-state index contributed by atoms with van der Waals surface area (Å²) in [4.78, 5) is 11.5. The highest BCUT2D eigenvalue weighted by atomic mass is 16.5. The van der Waals surface area contributed by atoms with Crippen molar-refractivity contribution in [3.05, 3.63) is 11.6 Å². The third-order valence-corrected chi connectivity index (χ3v) is 3.21. The van der Waals surface area contributed by atoms with E-state index in [-0.39, 0.29) is 12.1 Å². The molecule has 0 aromatic rings. The molecule has 0 fully saturated rings. The van der Waals surface area contributed by atoms with Crippen molar-refractivity contribution in [1.29, 1.82) is 0 Å². The fourth-order valence-electron chi connectivity index (χ4n) is 2.17. The van der Waals surface area contributed by atoms with Gasteiger partial charge in [0, 0.05) is 5.57 Å². The molecule has 0 saturated carbocycles. The normalized spacial score (nSPS) is 21.8. The maximum Gasteiger partial charge on any atom is 0.334 e. The van der Waals surface area contributed by atoms with E-state index in [2.05, 4.69) is 13.8 Å². The Kier molecular flexibility index (Phi) is 5.58. The molecule has 1 aliphatic heterocycles. The lowest BCUT2D eigenvalue weighted by Gasteiger charge is -2.10. The number of hydrogen-bond acceptors (Lipinski definition) is 2. The molecule has 16 heavy (non-hydrogen) atoms. The lowest BCUT2D eigenvalue weighted by Crippen LogP contribution is -2.09. The van der Waals surface area contributed by atoms with Gasteiger partial charge >= 0.3 is 5.97 Å². The number of unbranched alkanes of at least 4 members (excludes halogenated alkanes) is 4. The molecule has 0 radical (unpaired) electrons. The van der Waals surface area contributed by atoms with Crippen LogP contribution in [-0.2, 0) is 9.53 Å². The summed E-state index contributed by atoms with van der Waals surface area (Å²) in [5.74, 6) is 0.257. The van der Waals surface area contributed by atoms with E-state index < -0.39 is 0 Å². The van der Waals surface area contributed by atoms with Crippen molar-refractivity contribution in [1.82, 2.24) is 0 Å². The quantitative estimate of drug-likeness (QED) is 0.485. The van der Waals surface area contributed by atoms with Crippen molar-refractivity contribution in [2.75, 3.05) is 0 Å². The van der Waals surface area contributed by atoms with Crippen LogP contribution in [-0.4, -0.2) is 12.1 Å². The zero-order valence-electron chi connectivity index (χ0n) is 10.8. The number of esters is 1. The summed E-state index contributed by atoms with van der Waals surface area (Å²) in [6, 6.07) is 0. The Hall–Kier alpha value is -0.790. The topological polar surface area (TPSA) is 26.3 Å². The maximum atomic E-state index is 11.5. The Morgan fingerprint density at radius 1 is 1.31 bits per heavy atom. The summed E-state index contributed by atoms with van der Waals surface area (Å²) in [5.41, 5.74) is 0.892. The Balaban J connectivity index is 2.22. The molecule has 0 amide bonds. The fraction of sp³-hybridized carbons (Fsp3) is 0.786. The van der Waals surface area contributed by atoms with Crippen molar-refractivity contribution in [3.8, 4) is 0 Å². The highest BCUT2D eigenvalue weighted by Gasteiger charge is 2.25. The van der Waals surface area contributed by atoms with Gasteiger partial charge in [-0.1, -0.05) is 46.0 Å². The number of hydrogen-bond donors (Lipinski definition) is 0. The predicted octanol–water partition coefficient (Wildman–Crippen LogP) is 3.85. The minimum Gasteiger partial charge on any atom is -0.455 e. The predicted molar refractivity (Wildman–Crippen MR) is 66.2 cm³/mol. The largest absolute Gasteiger partial charge is 0.455 e. The number of rotatable bonds is 7. The zero-order chi connectivity index (χ0) is 12.0. The van der Waals surface area contributed by atoms with Gasteiger partial charge in [0.2, 0.25) is 0 Å². The molecule has 1 aliphatic rings. The average molecular weight is 224 g/mol. The second-order valence-electron chi connectivity index (χ2n) is 4.84. The van der Waals surface area contributed by atoms with E-state index in [1.807, 2.05) is 13.0 Å². The first-order chi connectivity index (χ1) is 7.65. The molecular weight excluding hydrogens is 200 g/mol. The second kappa shape index (κ2) is 6.72. The van der Waals surface area contributed by atoms with Crippen LogP contribution in [0.5, 0.6) is 0 Å². The summed E-state index contributed by atoms with van der Waals surface area (Å²) < 4.78 is 5.11. The molecule has 1 rings (SSSR count). The number of cyclic esters (lactones) is 1. The molecule has 0 aliphatic carbocycles. The maximum absolute atomic E-state index is 11.5. The third kappa shape index (κ3) is 3.99. The minimum absolute atomic E-state index is 0.0231. The van der Waals surface area contributed by atoms with Crippen LogP contribution in [0, 0.1) is 5.92 Å². The molecular formula is C14H24O2. The molecule has 2 nitrogen and oxygen atoms in total. The van der Waals surface area contributed by atoms with Crippen LogP contribution >= 0.6 is 0 Å². The van der Waals surface area contributed by atoms with Crippen molar-refractivity contribution >= 4 is 5.97 Å². The summed E-state index contributed by atoms with van der Waals surface area (Å²) in [5, 5.41) is 0. The second-order valence-corrected chi connectivity index (χ2v) is 4.84. The van der Waals surface area contributed by atoms with E-state index >= 15 is 0 Å². The zero-order valence-corrected chi connectivity index (χ0v) is 10.8. The number of carbonyl (C=O) groups is 1. The van der Waals surface area contributed by atoms with Crippen LogP contribution in [0.15, 0.2) is 11.6 Å². The first-order valence-corrected chi connectivity index (χ1v) is 6.57. The van der Waals surface area contributed by atoms with Crippen molar-refractivity contribution < 1.29 is 9.53 Å². The third-order valence-electron chi connectivity index (χ3n) is 3.21. The fourth-order valence-corrected chi connectivity index (χ4v) is 2.17. The van der Waals surface area contributed by atoms with Crippen molar-refractivity contribution in [2.45, 2.75) is 65.4 Å². The van der Waals surface area contributed by atoms with Gasteiger partial charge < -0.3 is 4.74 Å².